The summed E-state index contributed by atoms with van der Waals surface area (Å²) in [4.78, 5) is 0. The van der Waals surface area contributed by atoms with Crippen LogP contribution in [0.4, 0.5) is 0 Å². The minimum absolute atomic E-state index is 0.128. The zero-order valence-corrected chi connectivity index (χ0v) is 16.6. The Balaban J connectivity index is 2.55. The normalized spacial score (nSPS) is 14.5. The Morgan fingerprint density at radius 3 is 1.37 bits per heavy atom. The molecular formula is C18H22O7S2. The van der Waals surface area contributed by atoms with Crippen molar-refractivity contribution in [2.75, 3.05) is 0 Å². The standard InChI is InChI=1S/C18H22O7S2/c1-3-17(26(19,20)21)13-9-5-7-11-15(13)25-16-12-8-6-10-14(16)18(4-2)27(22,23)24/h5-12,17-18H,3-4H2,1-2H3,(H,19,20,21)(H,22,23,24). The molecule has 0 bridgehead atoms. The smallest absolute Gasteiger partial charge is 0.272 e. The van der Waals surface area contributed by atoms with Gasteiger partial charge >= 0.3 is 0 Å². The Kier molecular flexibility index (Phi) is 6.63. The van der Waals surface area contributed by atoms with Gasteiger partial charge in [0.25, 0.3) is 20.2 Å². The summed E-state index contributed by atoms with van der Waals surface area (Å²) in [7, 11) is -8.71. The van der Waals surface area contributed by atoms with E-state index in [-0.39, 0.29) is 35.5 Å². The molecule has 2 aromatic carbocycles. The summed E-state index contributed by atoms with van der Waals surface area (Å²) in [5.41, 5.74) is 0.523. The topological polar surface area (TPSA) is 118 Å². The molecule has 0 aliphatic heterocycles. The molecule has 0 heterocycles. The van der Waals surface area contributed by atoms with Gasteiger partial charge in [0.05, 0.1) is 0 Å². The highest BCUT2D eigenvalue weighted by molar-refractivity contribution is 7.86. The van der Waals surface area contributed by atoms with Crippen LogP contribution >= 0.6 is 0 Å². The van der Waals surface area contributed by atoms with Crippen molar-refractivity contribution < 1.29 is 30.7 Å². The van der Waals surface area contributed by atoms with Crippen molar-refractivity contribution in [3.63, 3.8) is 0 Å². The van der Waals surface area contributed by atoms with Crippen molar-refractivity contribution >= 4 is 20.2 Å². The number of benzene rings is 2. The summed E-state index contributed by atoms with van der Waals surface area (Å²) < 4.78 is 71.7. The van der Waals surface area contributed by atoms with Crippen LogP contribution < -0.4 is 4.74 Å². The average Bonchev–Trinajstić information content (AvgIpc) is 2.56. The molecule has 2 unspecified atom stereocenters. The van der Waals surface area contributed by atoms with Gasteiger partial charge in [0.1, 0.15) is 22.0 Å². The van der Waals surface area contributed by atoms with E-state index in [0.29, 0.717) is 0 Å². The lowest BCUT2D eigenvalue weighted by Gasteiger charge is -2.20. The lowest BCUT2D eigenvalue weighted by atomic mass is 10.1. The van der Waals surface area contributed by atoms with Gasteiger partial charge in [-0.2, -0.15) is 16.8 Å². The first-order valence-corrected chi connectivity index (χ1v) is 11.4. The summed E-state index contributed by atoms with van der Waals surface area (Å²) in [5, 5.41) is -2.35. The highest BCUT2D eigenvalue weighted by Gasteiger charge is 2.29. The average molecular weight is 415 g/mol. The molecule has 0 saturated carbocycles. The first kappa shape index (κ1) is 21.4. The minimum atomic E-state index is -4.35. The predicted molar refractivity (Wildman–Crippen MR) is 102 cm³/mol. The Morgan fingerprint density at radius 2 is 1.07 bits per heavy atom. The van der Waals surface area contributed by atoms with Gasteiger partial charge in [-0.3, -0.25) is 9.11 Å². The van der Waals surface area contributed by atoms with Gasteiger partial charge in [-0.25, -0.2) is 0 Å². The lowest BCUT2D eigenvalue weighted by molar-refractivity contribution is 0.444. The van der Waals surface area contributed by atoms with Gasteiger partial charge in [-0.15, -0.1) is 0 Å². The third-order valence-corrected chi connectivity index (χ3v) is 6.83. The fourth-order valence-electron chi connectivity index (χ4n) is 2.98. The van der Waals surface area contributed by atoms with E-state index in [1.807, 2.05) is 0 Å². The first-order chi connectivity index (χ1) is 12.6. The molecule has 7 nitrogen and oxygen atoms in total. The van der Waals surface area contributed by atoms with Crippen molar-refractivity contribution in [1.29, 1.82) is 0 Å². The van der Waals surface area contributed by atoms with Crippen LogP contribution in [0.15, 0.2) is 48.5 Å². The monoisotopic (exact) mass is 414 g/mol. The highest BCUT2D eigenvalue weighted by atomic mass is 32.2. The van der Waals surface area contributed by atoms with Gasteiger partial charge in [-0.1, -0.05) is 50.2 Å². The molecule has 2 aromatic rings. The molecule has 0 aliphatic carbocycles. The largest absolute Gasteiger partial charge is 0.457 e. The molecule has 0 aromatic heterocycles. The van der Waals surface area contributed by atoms with Crippen LogP contribution in [0.25, 0.3) is 0 Å². The second-order valence-electron chi connectivity index (χ2n) is 6.00. The van der Waals surface area contributed by atoms with Crippen LogP contribution in [0.1, 0.15) is 48.3 Å². The Labute approximate surface area is 159 Å². The van der Waals surface area contributed by atoms with Crippen LogP contribution in [0.5, 0.6) is 11.5 Å². The number of hydrogen-bond acceptors (Lipinski definition) is 5. The SMILES string of the molecule is CCC(c1ccccc1Oc1ccccc1C(CC)S(=O)(=O)O)S(=O)(=O)O. The Hall–Kier alpha value is -1.94. The van der Waals surface area contributed by atoms with Crippen LogP contribution in [-0.4, -0.2) is 25.9 Å². The minimum Gasteiger partial charge on any atom is -0.457 e. The number of ether oxygens (including phenoxy) is 1. The second kappa shape index (κ2) is 8.39. The maximum absolute atomic E-state index is 11.7. The van der Waals surface area contributed by atoms with Crippen molar-refractivity contribution in [3.8, 4) is 11.5 Å². The number of rotatable bonds is 8. The summed E-state index contributed by atoms with van der Waals surface area (Å²) in [6.45, 7) is 3.24. The highest BCUT2D eigenvalue weighted by Crippen LogP contribution is 2.39. The molecule has 0 spiro atoms. The summed E-state index contributed by atoms with van der Waals surface area (Å²) in [6.07, 6.45) is 0.257. The van der Waals surface area contributed by atoms with E-state index in [1.165, 1.54) is 24.3 Å². The third kappa shape index (κ3) is 5.07. The quantitative estimate of drug-likeness (QED) is 0.623. The maximum Gasteiger partial charge on any atom is 0.272 e. The third-order valence-electron chi connectivity index (χ3n) is 4.21. The molecule has 2 N–H and O–H groups in total. The van der Waals surface area contributed by atoms with Crippen LogP contribution in [0.2, 0.25) is 0 Å². The lowest BCUT2D eigenvalue weighted by Crippen LogP contribution is -2.13. The van der Waals surface area contributed by atoms with Crippen LogP contribution in [-0.2, 0) is 20.2 Å². The Morgan fingerprint density at radius 1 is 0.741 bits per heavy atom. The summed E-state index contributed by atoms with van der Waals surface area (Å²) in [6, 6.07) is 12.6. The maximum atomic E-state index is 11.7. The van der Waals surface area contributed by atoms with E-state index in [4.69, 9.17) is 4.74 Å². The van der Waals surface area contributed by atoms with Gasteiger partial charge in [0, 0.05) is 11.1 Å². The predicted octanol–water partition coefficient (Wildman–Crippen LogP) is 4.16. The molecule has 0 saturated heterocycles. The summed E-state index contributed by atoms with van der Waals surface area (Å²) in [5.74, 6) is 0.360. The number of hydrogen-bond donors (Lipinski definition) is 2. The van der Waals surface area contributed by atoms with E-state index in [1.54, 1.807) is 38.1 Å². The van der Waals surface area contributed by atoms with Crippen molar-refractivity contribution in [1.82, 2.24) is 0 Å². The van der Waals surface area contributed by atoms with Crippen LogP contribution in [0.3, 0.4) is 0 Å². The summed E-state index contributed by atoms with van der Waals surface area (Å²) >= 11 is 0. The number of para-hydroxylation sites is 2. The fourth-order valence-corrected chi connectivity index (χ4v) is 4.85. The van der Waals surface area contributed by atoms with Gasteiger partial charge in [0.2, 0.25) is 0 Å². The van der Waals surface area contributed by atoms with Crippen molar-refractivity contribution in [3.05, 3.63) is 59.7 Å². The molecule has 27 heavy (non-hydrogen) atoms. The van der Waals surface area contributed by atoms with Gasteiger partial charge in [0.15, 0.2) is 0 Å². The molecule has 2 rings (SSSR count). The zero-order valence-electron chi connectivity index (χ0n) is 14.9. The zero-order chi connectivity index (χ0) is 20.2. The van der Waals surface area contributed by atoms with Gasteiger partial charge in [-0.05, 0) is 25.0 Å². The van der Waals surface area contributed by atoms with Crippen molar-refractivity contribution in [2.45, 2.75) is 37.2 Å². The molecule has 2 atom stereocenters. The van der Waals surface area contributed by atoms with E-state index in [2.05, 4.69) is 0 Å². The van der Waals surface area contributed by atoms with E-state index >= 15 is 0 Å². The molecule has 0 fully saturated rings. The van der Waals surface area contributed by atoms with E-state index < -0.39 is 30.7 Å². The van der Waals surface area contributed by atoms with Crippen molar-refractivity contribution in [2.24, 2.45) is 0 Å². The molecule has 0 amide bonds. The van der Waals surface area contributed by atoms with E-state index in [0.717, 1.165) is 0 Å². The van der Waals surface area contributed by atoms with Gasteiger partial charge < -0.3 is 4.74 Å². The first-order valence-electron chi connectivity index (χ1n) is 8.37. The van der Waals surface area contributed by atoms with E-state index in [9.17, 15) is 25.9 Å². The molecule has 148 valence electrons. The van der Waals surface area contributed by atoms with Crippen LogP contribution in [0, 0.1) is 0 Å². The molecule has 9 heteroatoms. The second-order valence-corrected chi connectivity index (χ2v) is 9.20. The fraction of sp³-hybridized carbons (Fsp3) is 0.333. The molecular weight excluding hydrogens is 392 g/mol. The Bertz CT molecular complexity index is 916. The molecule has 0 radical (unpaired) electrons. The molecule has 0 aliphatic rings.